The van der Waals surface area contributed by atoms with Crippen LogP contribution in [0.4, 0.5) is 0 Å². The molecule has 3 unspecified atom stereocenters. The fraction of sp³-hybridized carbons (Fsp3) is 0.625. The van der Waals surface area contributed by atoms with Crippen molar-refractivity contribution in [2.75, 3.05) is 7.05 Å². The molecule has 19 heavy (non-hydrogen) atoms. The van der Waals surface area contributed by atoms with Gasteiger partial charge < -0.3 is 5.32 Å². The van der Waals surface area contributed by atoms with E-state index in [-0.39, 0.29) is 0 Å². The van der Waals surface area contributed by atoms with Crippen molar-refractivity contribution in [3.63, 3.8) is 0 Å². The molecule has 0 aromatic heterocycles. The maximum Gasteiger partial charge on any atom is 0.0410 e. The summed E-state index contributed by atoms with van der Waals surface area (Å²) in [6.07, 6.45) is 4.01. The van der Waals surface area contributed by atoms with Crippen molar-refractivity contribution in [1.29, 1.82) is 0 Å². The largest absolute Gasteiger partial charge is 0.313 e. The van der Waals surface area contributed by atoms with Gasteiger partial charge in [0.05, 0.1) is 0 Å². The predicted molar refractivity (Wildman–Crippen MR) is 91.6 cm³/mol. The van der Waals surface area contributed by atoms with E-state index in [0.717, 1.165) is 22.8 Å². The highest BCUT2D eigenvalue weighted by atomic mass is 127. The van der Waals surface area contributed by atoms with Crippen LogP contribution >= 0.6 is 34.2 Å². The molecule has 1 aliphatic rings. The normalized spacial score (nSPS) is 29.2. The molecule has 1 fully saturated rings. The maximum atomic E-state index is 6.18. The van der Waals surface area contributed by atoms with E-state index in [4.69, 9.17) is 11.6 Å². The van der Waals surface area contributed by atoms with Gasteiger partial charge in [0.25, 0.3) is 0 Å². The number of halogens is 2. The molecule has 1 aliphatic carbocycles. The molecule has 1 saturated carbocycles. The molecular formula is C16H23ClIN. The van der Waals surface area contributed by atoms with Crippen molar-refractivity contribution in [2.45, 2.75) is 39.2 Å². The molecule has 106 valence electrons. The Morgan fingerprint density at radius 3 is 2.42 bits per heavy atom. The van der Waals surface area contributed by atoms with Gasteiger partial charge in [-0.2, -0.15) is 0 Å². The Labute approximate surface area is 135 Å². The average Bonchev–Trinajstić information content (AvgIpc) is 2.33. The van der Waals surface area contributed by atoms with Gasteiger partial charge in [-0.3, -0.25) is 0 Å². The van der Waals surface area contributed by atoms with Crippen LogP contribution in [-0.4, -0.2) is 7.05 Å². The molecule has 0 spiro atoms. The van der Waals surface area contributed by atoms with Crippen molar-refractivity contribution in [3.8, 4) is 0 Å². The van der Waals surface area contributed by atoms with E-state index < -0.39 is 0 Å². The predicted octanol–water partition coefficient (Wildman–Crippen LogP) is 5.28. The Kier molecular flexibility index (Phi) is 5.55. The molecule has 1 aromatic carbocycles. The molecule has 1 nitrogen and oxygen atoms in total. The monoisotopic (exact) mass is 391 g/mol. The lowest BCUT2D eigenvalue weighted by molar-refractivity contribution is 0.180. The van der Waals surface area contributed by atoms with Crippen LogP contribution in [0.1, 0.15) is 44.7 Å². The molecule has 0 bridgehead atoms. The second-order valence-corrected chi connectivity index (χ2v) is 7.71. The maximum absolute atomic E-state index is 6.18. The first-order valence-electron chi connectivity index (χ1n) is 7.13. The van der Waals surface area contributed by atoms with Gasteiger partial charge in [0.15, 0.2) is 0 Å². The first kappa shape index (κ1) is 15.6. The van der Waals surface area contributed by atoms with Gasteiger partial charge in [-0.1, -0.05) is 25.4 Å². The van der Waals surface area contributed by atoms with Crippen molar-refractivity contribution in [1.82, 2.24) is 5.32 Å². The van der Waals surface area contributed by atoms with Gasteiger partial charge in [-0.15, -0.1) is 0 Å². The first-order chi connectivity index (χ1) is 9.01. The summed E-state index contributed by atoms with van der Waals surface area (Å²) in [5.74, 6) is 2.39. The first-order valence-corrected chi connectivity index (χ1v) is 8.59. The molecule has 3 heteroatoms. The Morgan fingerprint density at radius 2 is 1.84 bits per heavy atom. The highest BCUT2D eigenvalue weighted by molar-refractivity contribution is 14.1. The topological polar surface area (TPSA) is 12.0 Å². The standard InChI is InChI=1S/C16H23ClIN/c1-10-6-11(2)8-12(7-10)16(19-3)14-9-13(17)4-5-15(14)18/h4-5,9-12,16,19H,6-8H2,1-3H3. The highest BCUT2D eigenvalue weighted by Gasteiger charge is 2.31. The third kappa shape index (κ3) is 3.85. The molecule has 1 N–H and O–H groups in total. The van der Waals surface area contributed by atoms with Crippen LogP contribution in [0.25, 0.3) is 0 Å². The van der Waals surface area contributed by atoms with E-state index >= 15 is 0 Å². The van der Waals surface area contributed by atoms with Crippen molar-refractivity contribution in [2.24, 2.45) is 17.8 Å². The Balaban J connectivity index is 2.26. The summed E-state index contributed by atoms with van der Waals surface area (Å²) in [5, 5.41) is 4.37. The minimum absolute atomic E-state index is 0.427. The van der Waals surface area contributed by atoms with Gasteiger partial charge in [0.1, 0.15) is 0 Å². The fourth-order valence-electron chi connectivity index (χ4n) is 3.68. The second-order valence-electron chi connectivity index (χ2n) is 6.11. The quantitative estimate of drug-likeness (QED) is 0.691. The van der Waals surface area contributed by atoms with Crippen molar-refractivity contribution in [3.05, 3.63) is 32.4 Å². The van der Waals surface area contributed by atoms with Crippen molar-refractivity contribution >= 4 is 34.2 Å². The number of hydrogen-bond acceptors (Lipinski definition) is 1. The summed E-state index contributed by atoms with van der Waals surface area (Å²) in [7, 11) is 2.07. The van der Waals surface area contributed by atoms with E-state index in [1.54, 1.807) is 0 Å². The smallest absolute Gasteiger partial charge is 0.0410 e. The van der Waals surface area contributed by atoms with E-state index in [2.05, 4.69) is 60.9 Å². The minimum atomic E-state index is 0.427. The zero-order valence-electron chi connectivity index (χ0n) is 11.9. The van der Waals surface area contributed by atoms with Crippen LogP contribution in [0.5, 0.6) is 0 Å². The van der Waals surface area contributed by atoms with Gasteiger partial charge >= 0.3 is 0 Å². The van der Waals surface area contributed by atoms with E-state index in [1.807, 2.05) is 6.07 Å². The summed E-state index contributed by atoms with van der Waals surface area (Å²) in [4.78, 5) is 0. The zero-order chi connectivity index (χ0) is 14.0. The van der Waals surface area contributed by atoms with Crippen LogP contribution in [0.15, 0.2) is 18.2 Å². The molecule has 0 amide bonds. The van der Waals surface area contributed by atoms with E-state index in [1.165, 1.54) is 28.4 Å². The van der Waals surface area contributed by atoms with Gasteiger partial charge in [0, 0.05) is 14.6 Å². The third-order valence-electron chi connectivity index (χ3n) is 4.29. The van der Waals surface area contributed by atoms with Gasteiger partial charge in [-0.25, -0.2) is 0 Å². The number of nitrogens with one attached hydrogen (secondary N) is 1. The Morgan fingerprint density at radius 1 is 1.21 bits per heavy atom. The number of hydrogen-bond donors (Lipinski definition) is 1. The summed E-state index contributed by atoms with van der Waals surface area (Å²) in [5.41, 5.74) is 1.36. The van der Waals surface area contributed by atoms with Gasteiger partial charge in [0.2, 0.25) is 0 Å². The van der Waals surface area contributed by atoms with Crippen LogP contribution < -0.4 is 5.32 Å². The van der Waals surface area contributed by atoms with Crippen LogP contribution in [0.2, 0.25) is 5.02 Å². The molecule has 0 radical (unpaired) electrons. The van der Waals surface area contributed by atoms with Crippen LogP contribution in [-0.2, 0) is 0 Å². The lowest BCUT2D eigenvalue weighted by Gasteiger charge is -2.37. The van der Waals surface area contributed by atoms with Crippen LogP contribution in [0, 0.1) is 21.3 Å². The van der Waals surface area contributed by atoms with Crippen molar-refractivity contribution < 1.29 is 0 Å². The number of rotatable bonds is 3. The fourth-order valence-corrected chi connectivity index (χ4v) is 4.53. The summed E-state index contributed by atoms with van der Waals surface area (Å²) in [6, 6.07) is 6.66. The molecular weight excluding hydrogens is 369 g/mol. The number of benzene rings is 1. The molecule has 1 aromatic rings. The summed E-state index contributed by atoms with van der Waals surface area (Å²) < 4.78 is 1.31. The molecule has 3 atom stereocenters. The Hall–Kier alpha value is 0.200. The highest BCUT2D eigenvalue weighted by Crippen LogP contribution is 2.41. The van der Waals surface area contributed by atoms with E-state index in [0.29, 0.717) is 6.04 Å². The lowest BCUT2D eigenvalue weighted by Crippen LogP contribution is -2.32. The lowest BCUT2D eigenvalue weighted by atomic mass is 9.72. The summed E-state index contributed by atoms with van der Waals surface area (Å²) in [6.45, 7) is 4.77. The zero-order valence-corrected chi connectivity index (χ0v) is 14.8. The second kappa shape index (κ2) is 6.77. The summed E-state index contributed by atoms with van der Waals surface area (Å²) >= 11 is 8.61. The Bertz CT molecular complexity index is 425. The average molecular weight is 392 g/mol. The molecule has 0 saturated heterocycles. The third-order valence-corrected chi connectivity index (χ3v) is 5.51. The molecule has 2 rings (SSSR count). The molecule has 0 aliphatic heterocycles. The minimum Gasteiger partial charge on any atom is -0.313 e. The SMILES string of the molecule is CNC(c1cc(Cl)ccc1I)C1CC(C)CC(C)C1. The molecule has 0 heterocycles. The van der Waals surface area contributed by atoms with Gasteiger partial charge in [-0.05, 0) is 90.4 Å². The van der Waals surface area contributed by atoms with Crippen LogP contribution in [0.3, 0.4) is 0 Å². The van der Waals surface area contributed by atoms with E-state index in [9.17, 15) is 0 Å².